The average Bonchev–Trinajstić information content (AvgIpc) is 2.16. The predicted octanol–water partition coefficient (Wildman–Crippen LogP) is 1.93. The van der Waals surface area contributed by atoms with Crippen LogP contribution in [0.1, 0.15) is 34.1 Å². The van der Waals surface area contributed by atoms with E-state index in [4.69, 9.17) is 0 Å². The molecule has 1 amide bonds. The highest BCUT2D eigenvalue weighted by atomic mass is 16.2. The first kappa shape index (κ1) is 13.7. The molecule has 3 nitrogen and oxygen atoms in total. The van der Waals surface area contributed by atoms with Crippen LogP contribution in [-0.4, -0.2) is 30.7 Å². The highest BCUT2D eigenvalue weighted by Gasteiger charge is 1.99. The van der Waals surface area contributed by atoms with Gasteiger partial charge in [-0.15, -0.1) is 0 Å². The Labute approximate surface area is 75.5 Å². The molecule has 0 N–H and O–H groups in total. The Kier molecular flexibility index (Phi) is 11.6. The van der Waals surface area contributed by atoms with Crippen LogP contribution in [0.25, 0.3) is 0 Å². The van der Waals surface area contributed by atoms with Gasteiger partial charge in [-0.05, 0) is 6.92 Å². The van der Waals surface area contributed by atoms with Gasteiger partial charge in [-0.3, -0.25) is 9.79 Å². The Bertz CT molecular complexity index is 132. The molecule has 0 rings (SSSR count). The molecule has 0 unspecified atom stereocenters. The summed E-state index contributed by atoms with van der Waals surface area (Å²) in [6, 6.07) is 0. The molecule has 0 aromatic rings. The maximum absolute atomic E-state index is 10.9. The maximum Gasteiger partial charge on any atom is 0.227 e. The molecule has 0 atom stereocenters. The molecule has 0 radical (unpaired) electrons. The Balaban J connectivity index is 0. The first-order valence-corrected chi connectivity index (χ1v) is 4.48. The van der Waals surface area contributed by atoms with E-state index in [1.54, 1.807) is 13.4 Å². The third-order valence-corrected chi connectivity index (χ3v) is 1.13. The van der Waals surface area contributed by atoms with Crippen LogP contribution >= 0.6 is 0 Å². The number of nitrogens with zero attached hydrogens (tertiary/aromatic N) is 2. The van der Waals surface area contributed by atoms with Crippen LogP contribution in [0.15, 0.2) is 4.99 Å². The van der Waals surface area contributed by atoms with Gasteiger partial charge in [0.2, 0.25) is 5.91 Å². The number of amides is 1. The van der Waals surface area contributed by atoms with Gasteiger partial charge in [0.15, 0.2) is 0 Å². The van der Waals surface area contributed by atoms with Gasteiger partial charge in [-0.2, -0.15) is 0 Å². The summed E-state index contributed by atoms with van der Waals surface area (Å²) in [5, 5.41) is 0. The first-order chi connectivity index (χ1) is 5.72. The molecule has 0 aliphatic rings. The van der Waals surface area contributed by atoms with E-state index in [1.165, 1.54) is 4.90 Å². The highest BCUT2D eigenvalue weighted by Crippen LogP contribution is 1.84. The molecular weight excluding hydrogens is 152 g/mol. The maximum atomic E-state index is 10.9. The van der Waals surface area contributed by atoms with Crippen molar-refractivity contribution in [2.75, 3.05) is 13.6 Å². The van der Waals surface area contributed by atoms with Gasteiger partial charge < -0.3 is 4.90 Å². The fourth-order valence-corrected chi connectivity index (χ4v) is 0.518. The zero-order valence-electron chi connectivity index (χ0n) is 8.79. The van der Waals surface area contributed by atoms with E-state index in [0.29, 0.717) is 6.42 Å². The second kappa shape index (κ2) is 10.1. The van der Waals surface area contributed by atoms with E-state index >= 15 is 0 Å². The number of aliphatic imine (C=N–C) groups is 1. The van der Waals surface area contributed by atoms with Gasteiger partial charge >= 0.3 is 0 Å². The number of carbonyl (C=O) groups is 1. The van der Waals surface area contributed by atoms with Gasteiger partial charge in [0.25, 0.3) is 0 Å². The molecule has 0 spiro atoms. The molecule has 0 aliphatic heterocycles. The van der Waals surface area contributed by atoms with Gasteiger partial charge in [-0.25, -0.2) is 0 Å². The lowest BCUT2D eigenvalue weighted by molar-refractivity contribution is -0.125. The molecule has 12 heavy (non-hydrogen) atoms. The summed E-state index contributed by atoms with van der Waals surface area (Å²) in [5.74, 6) is 0.0946. The van der Waals surface area contributed by atoms with E-state index < -0.39 is 0 Å². The Morgan fingerprint density at radius 2 is 1.92 bits per heavy atom. The standard InChI is InChI=1S/C7H14N2O.C2H6/c1-4-7(10)9(3)6-8-5-2;1-2/h6H,4-5H2,1-3H3;1-2H3. The van der Waals surface area contributed by atoms with Crippen LogP contribution in [0.4, 0.5) is 0 Å². The van der Waals surface area contributed by atoms with E-state index in [2.05, 4.69) is 4.99 Å². The summed E-state index contributed by atoms with van der Waals surface area (Å²) in [6.45, 7) is 8.49. The third kappa shape index (κ3) is 7.25. The molecule has 0 aromatic heterocycles. The lowest BCUT2D eigenvalue weighted by atomic mass is 10.4. The van der Waals surface area contributed by atoms with Crippen molar-refractivity contribution in [3.8, 4) is 0 Å². The Morgan fingerprint density at radius 1 is 1.42 bits per heavy atom. The SMILES string of the molecule is CC.CCN=CN(C)C(=O)CC. The summed E-state index contributed by atoms with van der Waals surface area (Å²) in [7, 11) is 1.71. The van der Waals surface area contributed by atoms with Gasteiger partial charge in [-0.1, -0.05) is 20.8 Å². The molecular formula is C9H20N2O. The smallest absolute Gasteiger partial charge is 0.227 e. The van der Waals surface area contributed by atoms with Crippen molar-refractivity contribution in [2.24, 2.45) is 4.99 Å². The van der Waals surface area contributed by atoms with Crippen molar-refractivity contribution in [3.05, 3.63) is 0 Å². The van der Waals surface area contributed by atoms with Gasteiger partial charge in [0, 0.05) is 20.0 Å². The van der Waals surface area contributed by atoms with Crippen LogP contribution in [0.2, 0.25) is 0 Å². The van der Waals surface area contributed by atoms with Gasteiger partial charge in [0.1, 0.15) is 0 Å². The molecule has 0 fully saturated rings. The van der Waals surface area contributed by atoms with E-state index in [9.17, 15) is 4.79 Å². The molecule has 0 aromatic carbocycles. The largest absolute Gasteiger partial charge is 0.306 e. The van der Waals surface area contributed by atoms with Crippen molar-refractivity contribution >= 4 is 12.2 Å². The summed E-state index contributed by atoms with van der Waals surface area (Å²) >= 11 is 0. The minimum atomic E-state index is 0.0946. The lowest BCUT2D eigenvalue weighted by Gasteiger charge is -2.07. The van der Waals surface area contributed by atoms with Crippen LogP contribution in [0.3, 0.4) is 0 Å². The number of rotatable bonds is 3. The number of carbonyl (C=O) groups excluding carboxylic acids is 1. The molecule has 3 heteroatoms. The van der Waals surface area contributed by atoms with Crippen molar-refractivity contribution in [1.82, 2.24) is 4.90 Å². The minimum Gasteiger partial charge on any atom is -0.306 e. The van der Waals surface area contributed by atoms with Crippen LogP contribution in [0, 0.1) is 0 Å². The van der Waals surface area contributed by atoms with Crippen molar-refractivity contribution in [2.45, 2.75) is 34.1 Å². The lowest BCUT2D eigenvalue weighted by Crippen LogP contribution is -2.23. The van der Waals surface area contributed by atoms with Crippen molar-refractivity contribution < 1.29 is 4.79 Å². The molecule has 0 saturated carbocycles. The molecule has 0 aliphatic carbocycles. The summed E-state index contributed by atoms with van der Waals surface area (Å²) < 4.78 is 0. The van der Waals surface area contributed by atoms with Gasteiger partial charge in [0.05, 0.1) is 6.34 Å². The Hall–Kier alpha value is -0.860. The zero-order valence-corrected chi connectivity index (χ0v) is 8.79. The highest BCUT2D eigenvalue weighted by molar-refractivity contribution is 5.86. The van der Waals surface area contributed by atoms with Crippen LogP contribution in [0.5, 0.6) is 0 Å². The van der Waals surface area contributed by atoms with E-state index in [-0.39, 0.29) is 5.91 Å². The summed E-state index contributed by atoms with van der Waals surface area (Å²) in [5.41, 5.74) is 0. The third-order valence-electron chi connectivity index (χ3n) is 1.13. The molecule has 0 bridgehead atoms. The molecule has 72 valence electrons. The van der Waals surface area contributed by atoms with Crippen LogP contribution < -0.4 is 0 Å². The van der Waals surface area contributed by atoms with E-state index in [0.717, 1.165) is 6.54 Å². The Morgan fingerprint density at radius 3 is 2.25 bits per heavy atom. The number of hydrogen-bond acceptors (Lipinski definition) is 2. The van der Waals surface area contributed by atoms with Crippen molar-refractivity contribution in [1.29, 1.82) is 0 Å². The van der Waals surface area contributed by atoms with Crippen LogP contribution in [-0.2, 0) is 4.79 Å². The second-order valence-corrected chi connectivity index (χ2v) is 1.97. The monoisotopic (exact) mass is 172 g/mol. The second-order valence-electron chi connectivity index (χ2n) is 1.97. The summed E-state index contributed by atoms with van der Waals surface area (Å²) in [6.07, 6.45) is 2.10. The van der Waals surface area contributed by atoms with E-state index in [1.807, 2.05) is 27.7 Å². The quantitative estimate of drug-likeness (QED) is 0.473. The molecule has 0 heterocycles. The summed E-state index contributed by atoms with van der Waals surface area (Å²) in [4.78, 5) is 16.3. The molecule has 0 saturated heterocycles. The zero-order chi connectivity index (χ0) is 9.98. The number of hydrogen-bond donors (Lipinski definition) is 0. The minimum absolute atomic E-state index is 0.0946. The predicted molar refractivity (Wildman–Crippen MR) is 53.4 cm³/mol. The fourth-order valence-electron chi connectivity index (χ4n) is 0.518. The fraction of sp³-hybridized carbons (Fsp3) is 0.778. The van der Waals surface area contributed by atoms with Crippen molar-refractivity contribution in [3.63, 3.8) is 0 Å². The normalized spacial score (nSPS) is 9.08. The topological polar surface area (TPSA) is 32.7 Å². The average molecular weight is 172 g/mol. The first-order valence-electron chi connectivity index (χ1n) is 4.48.